The molecular weight excluding hydrogens is 218 g/mol. The summed E-state index contributed by atoms with van der Waals surface area (Å²) >= 11 is 0. The molecule has 6 nitrogen and oxygen atoms in total. The standard InChI is InChI=1S/C8H13N3O3S/c9-15(13,14)6-4-10-11(5-6)7-2-1-3-8(7)12/h4-5,7-8,12H,1-3H2,(H2,9,13,14). The number of nitrogens with zero attached hydrogens (tertiary/aromatic N) is 2. The van der Waals surface area contributed by atoms with Gasteiger partial charge >= 0.3 is 0 Å². The van der Waals surface area contributed by atoms with Crippen LogP contribution in [0.1, 0.15) is 25.3 Å². The first kappa shape index (κ1) is 10.6. The first-order valence-corrected chi connectivity index (χ1v) is 6.28. The van der Waals surface area contributed by atoms with E-state index >= 15 is 0 Å². The second-order valence-electron chi connectivity index (χ2n) is 3.77. The van der Waals surface area contributed by atoms with Gasteiger partial charge in [0, 0.05) is 6.20 Å². The molecule has 3 N–H and O–H groups in total. The minimum atomic E-state index is -3.69. The van der Waals surface area contributed by atoms with E-state index in [9.17, 15) is 13.5 Å². The monoisotopic (exact) mass is 231 g/mol. The van der Waals surface area contributed by atoms with Crippen LogP contribution in [0, 0.1) is 0 Å². The lowest BCUT2D eigenvalue weighted by molar-refractivity contribution is 0.130. The second kappa shape index (κ2) is 3.58. The first-order chi connectivity index (χ1) is 6.98. The van der Waals surface area contributed by atoms with Crippen LogP contribution >= 0.6 is 0 Å². The third-order valence-corrected chi connectivity index (χ3v) is 3.56. The number of aliphatic hydroxyl groups is 1. The molecule has 0 radical (unpaired) electrons. The van der Waals surface area contributed by atoms with Crippen LogP contribution in [-0.4, -0.2) is 29.4 Å². The third kappa shape index (κ3) is 2.04. The summed E-state index contributed by atoms with van der Waals surface area (Å²) in [6.45, 7) is 0. The average Bonchev–Trinajstić information content (AvgIpc) is 2.69. The molecule has 0 spiro atoms. The zero-order valence-corrected chi connectivity index (χ0v) is 8.89. The van der Waals surface area contributed by atoms with Crippen molar-refractivity contribution in [2.45, 2.75) is 36.3 Å². The van der Waals surface area contributed by atoms with Gasteiger partial charge in [0.15, 0.2) is 0 Å². The van der Waals surface area contributed by atoms with E-state index in [1.165, 1.54) is 17.1 Å². The Balaban J connectivity index is 2.28. The Morgan fingerprint density at radius 1 is 1.53 bits per heavy atom. The van der Waals surface area contributed by atoms with Gasteiger partial charge in [-0.05, 0) is 19.3 Å². The molecule has 7 heteroatoms. The summed E-state index contributed by atoms with van der Waals surface area (Å²) in [5.74, 6) is 0. The SMILES string of the molecule is NS(=O)(=O)c1cnn(C2CCCC2O)c1. The van der Waals surface area contributed by atoms with Crippen LogP contribution in [0.3, 0.4) is 0 Å². The Labute approximate surface area is 87.8 Å². The van der Waals surface area contributed by atoms with Gasteiger partial charge in [-0.15, -0.1) is 0 Å². The number of sulfonamides is 1. The Hall–Kier alpha value is -0.920. The third-order valence-electron chi connectivity index (χ3n) is 2.69. The molecule has 15 heavy (non-hydrogen) atoms. The summed E-state index contributed by atoms with van der Waals surface area (Å²) in [5.41, 5.74) is 0. The molecule has 84 valence electrons. The lowest BCUT2D eigenvalue weighted by Gasteiger charge is -2.14. The zero-order valence-electron chi connectivity index (χ0n) is 8.07. The highest BCUT2D eigenvalue weighted by atomic mass is 32.2. The highest BCUT2D eigenvalue weighted by Gasteiger charge is 2.28. The van der Waals surface area contributed by atoms with Gasteiger partial charge in [0.25, 0.3) is 0 Å². The van der Waals surface area contributed by atoms with Crippen molar-refractivity contribution in [2.75, 3.05) is 0 Å². The van der Waals surface area contributed by atoms with Crippen molar-refractivity contribution in [3.63, 3.8) is 0 Å². The molecule has 0 aliphatic heterocycles. The minimum absolute atomic E-state index is 0.0124. The van der Waals surface area contributed by atoms with Gasteiger partial charge in [-0.1, -0.05) is 0 Å². The van der Waals surface area contributed by atoms with Gasteiger partial charge in [-0.2, -0.15) is 5.10 Å². The maximum atomic E-state index is 11.0. The van der Waals surface area contributed by atoms with E-state index in [-0.39, 0.29) is 10.9 Å². The number of hydrogen-bond donors (Lipinski definition) is 2. The van der Waals surface area contributed by atoms with E-state index in [2.05, 4.69) is 5.10 Å². The van der Waals surface area contributed by atoms with Crippen LogP contribution in [0.25, 0.3) is 0 Å². The normalized spacial score (nSPS) is 27.1. The minimum Gasteiger partial charge on any atom is -0.391 e. The molecule has 1 aromatic heterocycles. The van der Waals surface area contributed by atoms with Gasteiger partial charge in [0.05, 0.1) is 18.3 Å². The molecule has 1 aromatic rings. The van der Waals surface area contributed by atoms with E-state index in [1.807, 2.05) is 0 Å². The molecule has 1 saturated carbocycles. The molecule has 1 aliphatic rings. The van der Waals surface area contributed by atoms with Crippen molar-refractivity contribution in [3.05, 3.63) is 12.4 Å². The summed E-state index contributed by atoms with van der Waals surface area (Å²) in [6, 6.07) is -0.125. The summed E-state index contributed by atoms with van der Waals surface area (Å²) in [4.78, 5) is -0.0124. The predicted octanol–water partition coefficient (Wildman–Crippen LogP) is -0.384. The largest absolute Gasteiger partial charge is 0.391 e. The van der Waals surface area contributed by atoms with Gasteiger partial charge in [-0.25, -0.2) is 13.6 Å². The Morgan fingerprint density at radius 3 is 2.73 bits per heavy atom. The number of aromatic nitrogens is 2. The molecular formula is C8H13N3O3S. The Bertz CT molecular complexity index is 453. The Morgan fingerprint density at radius 2 is 2.27 bits per heavy atom. The molecule has 0 bridgehead atoms. The number of primary sulfonamides is 1. The number of aliphatic hydroxyl groups excluding tert-OH is 1. The van der Waals surface area contributed by atoms with Crippen LogP contribution < -0.4 is 5.14 Å². The lowest BCUT2D eigenvalue weighted by Crippen LogP contribution is -2.18. The molecule has 0 saturated heterocycles. The average molecular weight is 231 g/mol. The van der Waals surface area contributed by atoms with Gasteiger partial charge in [0.1, 0.15) is 4.90 Å². The van der Waals surface area contributed by atoms with Crippen LogP contribution in [0.4, 0.5) is 0 Å². The maximum absolute atomic E-state index is 11.0. The van der Waals surface area contributed by atoms with E-state index in [0.29, 0.717) is 0 Å². The highest BCUT2D eigenvalue weighted by Crippen LogP contribution is 2.29. The number of nitrogens with two attached hydrogens (primary N) is 1. The van der Waals surface area contributed by atoms with Crippen molar-refractivity contribution in [1.82, 2.24) is 9.78 Å². The second-order valence-corrected chi connectivity index (χ2v) is 5.33. The molecule has 0 aromatic carbocycles. The molecule has 1 aliphatic carbocycles. The molecule has 2 atom stereocenters. The summed E-state index contributed by atoms with van der Waals surface area (Å²) in [6.07, 6.45) is 4.60. The lowest BCUT2D eigenvalue weighted by atomic mass is 10.2. The van der Waals surface area contributed by atoms with Crippen molar-refractivity contribution in [1.29, 1.82) is 0 Å². The van der Waals surface area contributed by atoms with Crippen molar-refractivity contribution in [3.8, 4) is 0 Å². The molecule has 1 fully saturated rings. The fourth-order valence-corrected chi connectivity index (χ4v) is 2.33. The molecule has 2 unspecified atom stereocenters. The van der Waals surface area contributed by atoms with Gasteiger partial charge in [-0.3, -0.25) is 4.68 Å². The van der Waals surface area contributed by atoms with E-state index in [0.717, 1.165) is 19.3 Å². The first-order valence-electron chi connectivity index (χ1n) is 4.73. The predicted molar refractivity (Wildman–Crippen MR) is 52.5 cm³/mol. The fourth-order valence-electron chi connectivity index (χ4n) is 1.88. The van der Waals surface area contributed by atoms with Gasteiger partial charge < -0.3 is 5.11 Å². The van der Waals surface area contributed by atoms with E-state index in [1.54, 1.807) is 0 Å². The van der Waals surface area contributed by atoms with Gasteiger partial charge in [0.2, 0.25) is 10.0 Å². The molecule has 2 rings (SSSR count). The van der Waals surface area contributed by atoms with Crippen LogP contribution in [0.5, 0.6) is 0 Å². The summed E-state index contributed by atoms with van der Waals surface area (Å²) in [7, 11) is -3.69. The van der Waals surface area contributed by atoms with E-state index in [4.69, 9.17) is 5.14 Å². The highest BCUT2D eigenvalue weighted by molar-refractivity contribution is 7.89. The van der Waals surface area contributed by atoms with Crippen molar-refractivity contribution >= 4 is 10.0 Å². The summed E-state index contributed by atoms with van der Waals surface area (Å²) in [5, 5.41) is 18.5. The fraction of sp³-hybridized carbons (Fsp3) is 0.625. The van der Waals surface area contributed by atoms with Crippen molar-refractivity contribution in [2.24, 2.45) is 5.14 Å². The Kier molecular flexibility index (Phi) is 2.53. The molecule has 0 amide bonds. The molecule has 1 heterocycles. The quantitative estimate of drug-likeness (QED) is 0.724. The topological polar surface area (TPSA) is 98.2 Å². The van der Waals surface area contributed by atoms with Crippen LogP contribution in [0.15, 0.2) is 17.3 Å². The smallest absolute Gasteiger partial charge is 0.241 e. The maximum Gasteiger partial charge on any atom is 0.241 e. The zero-order chi connectivity index (χ0) is 11.1. The van der Waals surface area contributed by atoms with Crippen molar-refractivity contribution < 1.29 is 13.5 Å². The number of rotatable bonds is 2. The summed E-state index contributed by atoms with van der Waals surface area (Å²) < 4.78 is 23.5. The van der Waals surface area contributed by atoms with Crippen LogP contribution in [0.2, 0.25) is 0 Å². The number of hydrogen-bond acceptors (Lipinski definition) is 4. The van der Waals surface area contributed by atoms with Crippen LogP contribution in [-0.2, 0) is 10.0 Å². The van der Waals surface area contributed by atoms with E-state index < -0.39 is 16.1 Å².